The molecule has 6 heteroatoms. The quantitative estimate of drug-likeness (QED) is 0.721. The van der Waals surface area contributed by atoms with E-state index in [1.165, 1.54) is 12.1 Å². The summed E-state index contributed by atoms with van der Waals surface area (Å²) in [5, 5.41) is 0. The molecule has 25 heavy (non-hydrogen) atoms. The number of carbonyl (C=O) groups excluding carboxylic acids is 1. The van der Waals surface area contributed by atoms with Crippen LogP contribution in [-0.2, 0) is 11.2 Å². The summed E-state index contributed by atoms with van der Waals surface area (Å²) in [5.74, 6) is -0.610. The fraction of sp³-hybridized carbons (Fsp3) is 0.316. The summed E-state index contributed by atoms with van der Waals surface area (Å²) < 4.78 is 27.6. The molecule has 1 atom stereocenters. The molecular weight excluding hydrogens is 390 g/mol. The van der Waals surface area contributed by atoms with E-state index in [0.29, 0.717) is 43.9 Å². The molecule has 3 rings (SSSR count). The van der Waals surface area contributed by atoms with Crippen LogP contribution >= 0.6 is 15.9 Å². The van der Waals surface area contributed by atoms with Crippen LogP contribution in [0.4, 0.5) is 14.5 Å². The first kappa shape index (κ1) is 17.9. The second-order valence-electron chi connectivity index (χ2n) is 6.03. The molecule has 3 nitrogen and oxygen atoms in total. The van der Waals surface area contributed by atoms with Crippen LogP contribution in [0.15, 0.2) is 48.5 Å². The summed E-state index contributed by atoms with van der Waals surface area (Å²) in [5.41, 5.74) is 1.08. The Morgan fingerprint density at radius 2 is 1.56 bits per heavy atom. The maximum Gasteiger partial charge on any atom is 0.236 e. The second-order valence-corrected chi connectivity index (χ2v) is 7.13. The average molecular weight is 409 g/mol. The van der Waals surface area contributed by atoms with Crippen LogP contribution in [0, 0.1) is 11.6 Å². The van der Waals surface area contributed by atoms with E-state index in [1.807, 2.05) is 4.90 Å². The summed E-state index contributed by atoms with van der Waals surface area (Å²) in [6, 6.07) is 13.1. The highest BCUT2D eigenvalue weighted by molar-refractivity contribution is 9.10. The van der Waals surface area contributed by atoms with Crippen LogP contribution in [0.25, 0.3) is 0 Å². The molecule has 1 amide bonds. The number of alkyl halides is 1. The van der Waals surface area contributed by atoms with Crippen LogP contribution in [0.1, 0.15) is 5.56 Å². The van der Waals surface area contributed by atoms with E-state index in [0.717, 1.165) is 0 Å². The van der Waals surface area contributed by atoms with E-state index >= 15 is 0 Å². The average Bonchev–Trinajstić information content (AvgIpc) is 2.63. The Morgan fingerprint density at radius 1 is 0.960 bits per heavy atom. The highest BCUT2D eigenvalue weighted by Gasteiger charge is 2.27. The highest BCUT2D eigenvalue weighted by atomic mass is 79.9. The van der Waals surface area contributed by atoms with Gasteiger partial charge in [-0.25, -0.2) is 8.78 Å². The Morgan fingerprint density at radius 3 is 2.20 bits per heavy atom. The molecule has 0 spiro atoms. The maximum absolute atomic E-state index is 13.9. The predicted octanol–water partition coefficient (Wildman–Crippen LogP) is 3.62. The van der Waals surface area contributed by atoms with Gasteiger partial charge in [-0.1, -0.05) is 46.3 Å². The molecule has 1 unspecified atom stereocenters. The molecular formula is C19H19BrF2N2O. The smallest absolute Gasteiger partial charge is 0.236 e. The zero-order chi connectivity index (χ0) is 17.8. The van der Waals surface area contributed by atoms with Gasteiger partial charge in [-0.2, -0.15) is 0 Å². The van der Waals surface area contributed by atoms with Crippen molar-refractivity contribution >= 4 is 27.5 Å². The summed E-state index contributed by atoms with van der Waals surface area (Å²) in [4.78, 5) is 15.8. The Kier molecular flexibility index (Phi) is 5.68. The molecule has 0 aliphatic carbocycles. The van der Waals surface area contributed by atoms with Gasteiger partial charge in [-0.3, -0.25) is 4.79 Å². The molecule has 1 saturated heterocycles. The third-order valence-electron chi connectivity index (χ3n) is 4.41. The molecule has 0 N–H and O–H groups in total. The summed E-state index contributed by atoms with van der Waals surface area (Å²) >= 11 is 3.39. The molecule has 0 radical (unpaired) electrons. The fourth-order valence-electron chi connectivity index (χ4n) is 3.02. The van der Waals surface area contributed by atoms with E-state index in [1.54, 1.807) is 41.3 Å². The molecule has 1 fully saturated rings. The molecule has 0 bridgehead atoms. The number of hydrogen-bond donors (Lipinski definition) is 0. The maximum atomic E-state index is 13.9. The largest absolute Gasteiger partial charge is 0.366 e. The summed E-state index contributed by atoms with van der Waals surface area (Å²) in [6.07, 6.45) is 0.305. The summed E-state index contributed by atoms with van der Waals surface area (Å²) in [6.45, 7) is 2.19. The molecule has 0 saturated carbocycles. The van der Waals surface area contributed by atoms with E-state index in [9.17, 15) is 13.6 Å². The van der Waals surface area contributed by atoms with E-state index in [2.05, 4.69) is 15.9 Å². The number of piperazine rings is 1. The molecule has 1 heterocycles. The lowest BCUT2D eigenvalue weighted by Gasteiger charge is -2.37. The van der Waals surface area contributed by atoms with Gasteiger partial charge in [0.2, 0.25) is 5.91 Å². The van der Waals surface area contributed by atoms with E-state index in [-0.39, 0.29) is 17.5 Å². The lowest BCUT2D eigenvalue weighted by Crippen LogP contribution is -2.51. The van der Waals surface area contributed by atoms with Crippen molar-refractivity contribution in [3.8, 4) is 0 Å². The van der Waals surface area contributed by atoms with Gasteiger partial charge >= 0.3 is 0 Å². The minimum atomic E-state index is -0.468. The highest BCUT2D eigenvalue weighted by Crippen LogP contribution is 2.21. The number of carbonyl (C=O) groups is 1. The van der Waals surface area contributed by atoms with Crippen LogP contribution in [0.3, 0.4) is 0 Å². The number of hydrogen-bond acceptors (Lipinski definition) is 2. The number of amides is 1. The van der Waals surface area contributed by atoms with Gasteiger partial charge in [0.1, 0.15) is 11.6 Å². The monoisotopic (exact) mass is 408 g/mol. The number of halogens is 3. The van der Waals surface area contributed by atoms with Crippen LogP contribution in [0.5, 0.6) is 0 Å². The predicted molar refractivity (Wildman–Crippen MR) is 98.0 cm³/mol. The third-order valence-corrected chi connectivity index (χ3v) is 5.12. The van der Waals surface area contributed by atoms with Gasteiger partial charge in [0.25, 0.3) is 0 Å². The van der Waals surface area contributed by atoms with E-state index in [4.69, 9.17) is 0 Å². The minimum absolute atomic E-state index is 0.0589. The van der Waals surface area contributed by atoms with Gasteiger partial charge in [-0.05, 0) is 30.2 Å². The topological polar surface area (TPSA) is 23.6 Å². The van der Waals surface area contributed by atoms with Crippen LogP contribution in [-0.4, -0.2) is 41.8 Å². The first-order chi connectivity index (χ1) is 12.1. The first-order valence-corrected chi connectivity index (χ1v) is 9.13. The van der Waals surface area contributed by atoms with Crippen molar-refractivity contribution in [1.82, 2.24) is 4.90 Å². The van der Waals surface area contributed by atoms with Crippen molar-refractivity contribution in [3.63, 3.8) is 0 Å². The third kappa shape index (κ3) is 4.18. The zero-order valence-corrected chi connectivity index (χ0v) is 15.3. The SMILES string of the molecule is O=C(C(Br)Cc1ccccc1F)N1CCN(c2ccccc2F)CC1. The Hall–Kier alpha value is -1.95. The van der Waals surface area contributed by atoms with Crippen LogP contribution < -0.4 is 4.90 Å². The fourth-order valence-corrected chi connectivity index (χ4v) is 3.66. The van der Waals surface area contributed by atoms with Crippen molar-refractivity contribution in [3.05, 3.63) is 65.7 Å². The Labute approximate surface area is 154 Å². The van der Waals surface area contributed by atoms with Gasteiger partial charge in [0.05, 0.1) is 10.5 Å². The van der Waals surface area contributed by atoms with Gasteiger partial charge in [0, 0.05) is 26.2 Å². The number of nitrogens with zero attached hydrogens (tertiary/aromatic N) is 2. The lowest BCUT2D eigenvalue weighted by atomic mass is 10.1. The number of para-hydroxylation sites is 1. The molecule has 1 aliphatic rings. The van der Waals surface area contributed by atoms with E-state index < -0.39 is 4.83 Å². The summed E-state index contributed by atoms with van der Waals surface area (Å²) in [7, 11) is 0. The molecule has 132 valence electrons. The number of anilines is 1. The number of benzene rings is 2. The van der Waals surface area contributed by atoms with Crippen LogP contribution in [0.2, 0.25) is 0 Å². The van der Waals surface area contributed by atoms with Gasteiger partial charge < -0.3 is 9.80 Å². The second kappa shape index (κ2) is 7.95. The normalized spacial score (nSPS) is 16.0. The first-order valence-electron chi connectivity index (χ1n) is 8.22. The van der Waals surface area contributed by atoms with Crippen molar-refractivity contribution < 1.29 is 13.6 Å². The van der Waals surface area contributed by atoms with Crippen molar-refractivity contribution in [1.29, 1.82) is 0 Å². The zero-order valence-electron chi connectivity index (χ0n) is 13.7. The van der Waals surface area contributed by atoms with Gasteiger partial charge in [-0.15, -0.1) is 0 Å². The number of rotatable bonds is 4. The standard InChI is InChI=1S/C19H19BrF2N2O/c20-15(13-14-5-1-2-6-16(14)21)19(25)24-11-9-23(10-12-24)18-8-4-3-7-17(18)22/h1-8,15H,9-13H2. The van der Waals surface area contributed by atoms with Gasteiger partial charge in [0.15, 0.2) is 0 Å². The lowest BCUT2D eigenvalue weighted by molar-refractivity contribution is -0.130. The van der Waals surface area contributed by atoms with Crippen molar-refractivity contribution in [2.24, 2.45) is 0 Å². The minimum Gasteiger partial charge on any atom is -0.366 e. The molecule has 2 aromatic carbocycles. The molecule has 0 aromatic heterocycles. The van der Waals surface area contributed by atoms with Crippen molar-refractivity contribution in [2.75, 3.05) is 31.1 Å². The van der Waals surface area contributed by atoms with Crippen molar-refractivity contribution in [2.45, 2.75) is 11.2 Å². The Bertz CT molecular complexity index is 748. The Balaban J connectivity index is 1.58. The molecule has 2 aromatic rings. The molecule has 1 aliphatic heterocycles.